The molecule has 0 saturated heterocycles. The summed E-state index contributed by atoms with van der Waals surface area (Å²) >= 11 is 0. The van der Waals surface area contributed by atoms with Gasteiger partial charge in [-0.05, 0) is 44.4 Å². The van der Waals surface area contributed by atoms with E-state index in [2.05, 4.69) is 13.0 Å². The SMILES string of the molecule is C/C=C1/CCC[C@]12CCCC(=O)C2. The van der Waals surface area contributed by atoms with Gasteiger partial charge in [-0.15, -0.1) is 0 Å². The Morgan fingerprint density at radius 2 is 1.92 bits per heavy atom. The van der Waals surface area contributed by atoms with Gasteiger partial charge in [-0.3, -0.25) is 4.79 Å². The molecule has 0 amide bonds. The maximum Gasteiger partial charge on any atom is 0.133 e. The summed E-state index contributed by atoms with van der Waals surface area (Å²) in [5.74, 6) is 0.493. The van der Waals surface area contributed by atoms with Gasteiger partial charge in [0.05, 0.1) is 0 Å². The molecular weight excluding hydrogens is 160 g/mol. The highest BCUT2D eigenvalue weighted by molar-refractivity contribution is 5.80. The molecule has 13 heavy (non-hydrogen) atoms. The number of allylic oxidation sites excluding steroid dienone is 2. The molecule has 0 aliphatic heterocycles. The summed E-state index contributed by atoms with van der Waals surface area (Å²) in [4.78, 5) is 11.5. The first-order chi connectivity index (χ1) is 6.27. The average Bonchev–Trinajstić information content (AvgIpc) is 2.47. The fraction of sp³-hybridized carbons (Fsp3) is 0.750. The number of ketones is 1. The molecule has 2 saturated carbocycles. The maximum atomic E-state index is 11.5. The van der Waals surface area contributed by atoms with E-state index in [9.17, 15) is 4.79 Å². The number of hydrogen-bond donors (Lipinski definition) is 0. The van der Waals surface area contributed by atoms with Gasteiger partial charge in [0, 0.05) is 12.8 Å². The Labute approximate surface area is 80.2 Å². The topological polar surface area (TPSA) is 17.1 Å². The smallest absolute Gasteiger partial charge is 0.133 e. The molecule has 2 fully saturated rings. The zero-order chi connectivity index (χ0) is 9.31. The molecule has 0 heterocycles. The van der Waals surface area contributed by atoms with E-state index in [1.807, 2.05) is 0 Å². The first-order valence-corrected chi connectivity index (χ1v) is 5.44. The van der Waals surface area contributed by atoms with Crippen LogP contribution in [0.2, 0.25) is 0 Å². The first kappa shape index (κ1) is 8.98. The molecule has 2 aliphatic rings. The van der Waals surface area contributed by atoms with Gasteiger partial charge in [0.2, 0.25) is 0 Å². The summed E-state index contributed by atoms with van der Waals surface area (Å²) in [5.41, 5.74) is 1.89. The van der Waals surface area contributed by atoms with E-state index in [0.29, 0.717) is 11.2 Å². The van der Waals surface area contributed by atoms with Crippen molar-refractivity contribution in [2.45, 2.75) is 51.9 Å². The van der Waals surface area contributed by atoms with Crippen molar-refractivity contribution in [3.05, 3.63) is 11.6 Å². The Balaban J connectivity index is 2.22. The summed E-state index contributed by atoms with van der Waals surface area (Å²) in [7, 11) is 0. The zero-order valence-corrected chi connectivity index (χ0v) is 8.44. The first-order valence-electron chi connectivity index (χ1n) is 5.44. The van der Waals surface area contributed by atoms with Crippen molar-refractivity contribution in [2.24, 2.45) is 5.41 Å². The van der Waals surface area contributed by atoms with Gasteiger partial charge < -0.3 is 0 Å². The molecule has 72 valence electrons. The highest BCUT2D eigenvalue weighted by atomic mass is 16.1. The van der Waals surface area contributed by atoms with Crippen LogP contribution in [-0.2, 0) is 4.79 Å². The molecule has 2 aliphatic carbocycles. The number of rotatable bonds is 0. The largest absolute Gasteiger partial charge is 0.300 e. The molecule has 0 unspecified atom stereocenters. The van der Waals surface area contributed by atoms with Crippen LogP contribution >= 0.6 is 0 Å². The lowest BCUT2D eigenvalue weighted by molar-refractivity contribution is -0.122. The van der Waals surface area contributed by atoms with E-state index in [0.717, 1.165) is 19.3 Å². The van der Waals surface area contributed by atoms with E-state index >= 15 is 0 Å². The van der Waals surface area contributed by atoms with Crippen LogP contribution < -0.4 is 0 Å². The molecule has 0 aromatic rings. The van der Waals surface area contributed by atoms with Crippen LogP contribution in [-0.4, -0.2) is 5.78 Å². The van der Waals surface area contributed by atoms with E-state index < -0.39 is 0 Å². The van der Waals surface area contributed by atoms with Crippen molar-refractivity contribution >= 4 is 5.78 Å². The van der Waals surface area contributed by atoms with Crippen LogP contribution in [0.1, 0.15) is 51.9 Å². The Morgan fingerprint density at radius 1 is 1.23 bits per heavy atom. The van der Waals surface area contributed by atoms with E-state index in [1.165, 1.54) is 25.7 Å². The highest BCUT2D eigenvalue weighted by Gasteiger charge is 2.41. The molecule has 0 aromatic heterocycles. The van der Waals surface area contributed by atoms with Crippen molar-refractivity contribution in [2.75, 3.05) is 0 Å². The third-order valence-corrected chi connectivity index (χ3v) is 3.78. The molecule has 0 bridgehead atoms. The maximum absolute atomic E-state index is 11.5. The second-order valence-corrected chi connectivity index (χ2v) is 4.52. The molecule has 1 nitrogen and oxygen atoms in total. The van der Waals surface area contributed by atoms with Crippen LogP contribution in [0, 0.1) is 5.41 Å². The molecule has 0 N–H and O–H groups in total. The van der Waals surface area contributed by atoms with Crippen LogP contribution in [0.25, 0.3) is 0 Å². The second-order valence-electron chi connectivity index (χ2n) is 4.52. The molecular formula is C12H18O. The molecule has 1 spiro atoms. The number of carbonyl (C=O) groups excluding carboxylic acids is 1. The minimum Gasteiger partial charge on any atom is -0.300 e. The summed E-state index contributed by atoms with van der Waals surface area (Å²) < 4.78 is 0. The summed E-state index contributed by atoms with van der Waals surface area (Å²) in [6.07, 6.45) is 10.1. The Bertz CT molecular complexity index is 252. The van der Waals surface area contributed by atoms with Gasteiger partial charge in [-0.25, -0.2) is 0 Å². The fourth-order valence-corrected chi connectivity index (χ4v) is 3.16. The minimum absolute atomic E-state index is 0.323. The van der Waals surface area contributed by atoms with Crippen molar-refractivity contribution in [1.29, 1.82) is 0 Å². The molecule has 2 rings (SSSR count). The number of carbonyl (C=O) groups is 1. The predicted octanol–water partition coefficient (Wildman–Crippen LogP) is 3.25. The van der Waals surface area contributed by atoms with Gasteiger partial charge in [0.15, 0.2) is 0 Å². The Morgan fingerprint density at radius 3 is 2.54 bits per heavy atom. The van der Waals surface area contributed by atoms with E-state index in [1.54, 1.807) is 5.57 Å². The van der Waals surface area contributed by atoms with Crippen molar-refractivity contribution in [1.82, 2.24) is 0 Å². The molecule has 1 heteroatoms. The third-order valence-electron chi connectivity index (χ3n) is 3.78. The lowest BCUT2D eigenvalue weighted by atomic mass is 9.70. The Kier molecular flexibility index (Phi) is 2.27. The minimum atomic E-state index is 0.323. The molecule has 0 radical (unpaired) electrons. The summed E-state index contributed by atoms with van der Waals surface area (Å²) in [6.45, 7) is 2.13. The van der Waals surface area contributed by atoms with E-state index in [-0.39, 0.29) is 0 Å². The van der Waals surface area contributed by atoms with Gasteiger partial charge in [-0.2, -0.15) is 0 Å². The predicted molar refractivity (Wildman–Crippen MR) is 53.5 cm³/mol. The monoisotopic (exact) mass is 178 g/mol. The molecule has 1 atom stereocenters. The number of hydrogen-bond acceptors (Lipinski definition) is 1. The van der Waals surface area contributed by atoms with Crippen LogP contribution in [0.5, 0.6) is 0 Å². The summed E-state index contributed by atoms with van der Waals surface area (Å²) in [6, 6.07) is 0. The van der Waals surface area contributed by atoms with Gasteiger partial charge in [0.1, 0.15) is 5.78 Å². The molecule has 0 aromatic carbocycles. The standard InChI is InChI=1S/C12H18O/c1-2-10-5-3-7-12(10)8-4-6-11(13)9-12/h2H,3-9H2,1H3/b10-2-/t12-/m1/s1. The number of Topliss-reactive ketones (excluding diaryl/α,β-unsaturated/α-hetero) is 1. The zero-order valence-electron chi connectivity index (χ0n) is 8.44. The van der Waals surface area contributed by atoms with Gasteiger partial charge in [0.25, 0.3) is 0 Å². The van der Waals surface area contributed by atoms with Crippen LogP contribution in [0.15, 0.2) is 11.6 Å². The van der Waals surface area contributed by atoms with Gasteiger partial charge in [-0.1, -0.05) is 11.6 Å². The second kappa shape index (κ2) is 3.28. The van der Waals surface area contributed by atoms with E-state index in [4.69, 9.17) is 0 Å². The van der Waals surface area contributed by atoms with Gasteiger partial charge >= 0.3 is 0 Å². The van der Waals surface area contributed by atoms with Crippen LogP contribution in [0.4, 0.5) is 0 Å². The summed E-state index contributed by atoms with van der Waals surface area (Å²) in [5, 5.41) is 0. The van der Waals surface area contributed by atoms with Crippen LogP contribution in [0.3, 0.4) is 0 Å². The van der Waals surface area contributed by atoms with Crippen molar-refractivity contribution in [3.63, 3.8) is 0 Å². The Hall–Kier alpha value is -0.590. The lowest BCUT2D eigenvalue weighted by Crippen LogP contribution is -2.27. The quantitative estimate of drug-likeness (QED) is 0.520. The normalized spacial score (nSPS) is 37.6. The van der Waals surface area contributed by atoms with Crippen molar-refractivity contribution in [3.8, 4) is 0 Å². The van der Waals surface area contributed by atoms with Crippen molar-refractivity contribution < 1.29 is 4.79 Å². The lowest BCUT2D eigenvalue weighted by Gasteiger charge is -2.34. The highest BCUT2D eigenvalue weighted by Crippen LogP contribution is 2.51. The fourth-order valence-electron chi connectivity index (χ4n) is 3.16. The average molecular weight is 178 g/mol. The third kappa shape index (κ3) is 1.45.